The van der Waals surface area contributed by atoms with Gasteiger partial charge in [-0.25, -0.2) is 0 Å². The van der Waals surface area contributed by atoms with Gasteiger partial charge in [0, 0.05) is 22.2 Å². The van der Waals surface area contributed by atoms with Crippen molar-refractivity contribution in [1.29, 1.82) is 0 Å². The van der Waals surface area contributed by atoms with Crippen molar-refractivity contribution < 1.29 is 5.11 Å². The zero-order valence-corrected chi connectivity index (χ0v) is 9.94. The van der Waals surface area contributed by atoms with E-state index in [1.807, 2.05) is 12.1 Å². The fraction of sp³-hybridized carbons (Fsp3) is 0.111. The summed E-state index contributed by atoms with van der Waals surface area (Å²) < 4.78 is 4.39. The monoisotopic (exact) mass is 258 g/mol. The quantitative estimate of drug-likeness (QED) is 0.859. The topological polar surface area (TPSA) is 46.0 Å². The molecule has 1 N–H and O–H groups in total. The number of thioether (sulfide) groups is 1. The van der Waals surface area contributed by atoms with Crippen LogP contribution in [0.4, 0.5) is 0 Å². The van der Waals surface area contributed by atoms with Gasteiger partial charge in [-0.05, 0) is 24.3 Å². The Hall–Kier alpha value is -0.780. The number of halogens is 1. The summed E-state index contributed by atoms with van der Waals surface area (Å²) >= 11 is 8.67. The summed E-state index contributed by atoms with van der Waals surface area (Å²) in [5.74, 6) is 0.966. The average molecular weight is 259 g/mol. The average Bonchev–Trinajstić information content (AvgIpc) is 2.63. The molecule has 0 saturated carbocycles. The third kappa shape index (κ3) is 2.84. The highest BCUT2D eigenvalue weighted by molar-refractivity contribution is 7.98. The summed E-state index contributed by atoms with van der Waals surface area (Å²) in [6, 6.07) is 7.02. The van der Waals surface area contributed by atoms with Gasteiger partial charge in [-0.1, -0.05) is 16.1 Å². The Kier molecular flexibility index (Phi) is 3.45. The minimum absolute atomic E-state index is 0.271. The van der Waals surface area contributed by atoms with Crippen LogP contribution in [0.25, 0.3) is 0 Å². The van der Waals surface area contributed by atoms with Crippen molar-refractivity contribution in [1.82, 2.24) is 9.59 Å². The molecule has 0 atom stereocenters. The molecule has 0 saturated heterocycles. The van der Waals surface area contributed by atoms with Gasteiger partial charge in [-0.3, -0.25) is 0 Å². The molecular weight excluding hydrogens is 252 g/mol. The molecule has 0 unspecified atom stereocenters. The van der Waals surface area contributed by atoms with E-state index in [0.717, 1.165) is 10.6 Å². The van der Waals surface area contributed by atoms with Crippen molar-refractivity contribution in [2.45, 2.75) is 10.6 Å². The first-order valence-electron chi connectivity index (χ1n) is 4.14. The van der Waals surface area contributed by atoms with Gasteiger partial charge in [0.15, 0.2) is 0 Å². The first kappa shape index (κ1) is 10.7. The second-order valence-corrected chi connectivity index (χ2v) is 5.18. The minimum atomic E-state index is 0.271. The van der Waals surface area contributed by atoms with Crippen molar-refractivity contribution in [3.63, 3.8) is 0 Å². The van der Waals surface area contributed by atoms with Crippen LogP contribution < -0.4 is 0 Å². The molecule has 0 spiro atoms. The van der Waals surface area contributed by atoms with E-state index in [-0.39, 0.29) is 5.75 Å². The maximum Gasteiger partial charge on any atom is 0.138 e. The molecule has 0 bridgehead atoms. The zero-order valence-electron chi connectivity index (χ0n) is 7.55. The number of benzene rings is 1. The third-order valence-corrected chi connectivity index (χ3v) is 3.73. The largest absolute Gasteiger partial charge is 0.508 e. The second kappa shape index (κ2) is 4.83. The normalized spacial score (nSPS) is 10.5. The Bertz CT molecular complexity index is 444. The maximum atomic E-state index is 9.10. The molecule has 0 radical (unpaired) electrons. The van der Waals surface area contributed by atoms with E-state index >= 15 is 0 Å². The number of rotatable bonds is 3. The number of aromatic nitrogens is 2. The van der Waals surface area contributed by atoms with Crippen LogP contribution in [0.3, 0.4) is 0 Å². The highest BCUT2D eigenvalue weighted by Crippen LogP contribution is 2.27. The van der Waals surface area contributed by atoms with E-state index in [1.165, 1.54) is 11.5 Å². The Morgan fingerprint density at radius 1 is 1.33 bits per heavy atom. The van der Waals surface area contributed by atoms with Gasteiger partial charge in [-0.2, -0.15) is 0 Å². The van der Waals surface area contributed by atoms with Gasteiger partial charge in [0.05, 0.1) is 0 Å². The van der Waals surface area contributed by atoms with Crippen LogP contribution in [-0.2, 0) is 5.75 Å². The lowest BCUT2D eigenvalue weighted by Gasteiger charge is -1.99. The van der Waals surface area contributed by atoms with Crippen LogP contribution in [-0.4, -0.2) is 14.7 Å². The highest BCUT2D eigenvalue weighted by atomic mass is 35.5. The fourth-order valence-electron chi connectivity index (χ4n) is 0.977. The molecular formula is C9H7ClN2OS2. The van der Waals surface area contributed by atoms with Gasteiger partial charge in [-0.15, -0.1) is 16.9 Å². The van der Waals surface area contributed by atoms with Crippen molar-refractivity contribution in [2.24, 2.45) is 0 Å². The van der Waals surface area contributed by atoms with Crippen LogP contribution in [0.15, 0.2) is 29.2 Å². The Balaban J connectivity index is 1.99. The van der Waals surface area contributed by atoms with Crippen LogP contribution in [0, 0.1) is 0 Å². The van der Waals surface area contributed by atoms with Crippen LogP contribution in [0.1, 0.15) is 5.69 Å². The third-order valence-electron chi connectivity index (χ3n) is 1.72. The fourth-order valence-corrected chi connectivity index (χ4v) is 2.61. The van der Waals surface area contributed by atoms with E-state index in [2.05, 4.69) is 9.59 Å². The summed E-state index contributed by atoms with van der Waals surface area (Å²) in [5, 5.41) is 13.0. The number of hydrogen-bond donors (Lipinski definition) is 1. The number of nitrogens with zero attached hydrogens (tertiary/aromatic N) is 2. The summed E-state index contributed by atoms with van der Waals surface area (Å²) in [6.45, 7) is 0. The van der Waals surface area contributed by atoms with Gasteiger partial charge < -0.3 is 5.11 Å². The Morgan fingerprint density at radius 3 is 2.67 bits per heavy atom. The Morgan fingerprint density at radius 2 is 2.07 bits per heavy atom. The second-order valence-electron chi connectivity index (χ2n) is 2.78. The molecule has 2 rings (SSSR count). The molecule has 0 aliphatic heterocycles. The smallest absolute Gasteiger partial charge is 0.138 e. The molecule has 0 aliphatic carbocycles. The van der Waals surface area contributed by atoms with Crippen LogP contribution in [0.5, 0.6) is 5.75 Å². The number of aromatic hydroxyl groups is 1. The lowest BCUT2D eigenvalue weighted by Crippen LogP contribution is -1.81. The summed E-state index contributed by atoms with van der Waals surface area (Å²) in [6.07, 6.45) is 0. The van der Waals surface area contributed by atoms with E-state index in [9.17, 15) is 0 Å². The summed E-state index contributed by atoms with van der Waals surface area (Å²) in [5.41, 5.74) is 0.805. The lowest BCUT2D eigenvalue weighted by atomic mass is 10.3. The predicted octanol–water partition coefficient (Wildman–Crippen LogP) is 3.19. The van der Waals surface area contributed by atoms with E-state index in [0.29, 0.717) is 10.1 Å². The standard InChI is InChI=1S/C9H7ClN2OS2/c10-9-8(11-12-15-9)5-14-7-3-1-6(13)2-4-7/h1-4,13H,5H2. The molecule has 3 nitrogen and oxygen atoms in total. The number of hydrogen-bond acceptors (Lipinski definition) is 5. The molecule has 1 aromatic heterocycles. The molecule has 1 heterocycles. The molecule has 78 valence electrons. The molecule has 15 heavy (non-hydrogen) atoms. The molecule has 6 heteroatoms. The highest BCUT2D eigenvalue weighted by Gasteiger charge is 2.05. The predicted molar refractivity (Wildman–Crippen MR) is 62.6 cm³/mol. The lowest BCUT2D eigenvalue weighted by molar-refractivity contribution is 0.475. The molecule has 0 fully saturated rings. The van der Waals surface area contributed by atoms with E-state index < -0.39 is 0 Å². The maximum absolute atomic E-state index is 9.10. The van der Waals surface area contributed by atoms with E-state index in [4.69, 9.17) is 16.7 Å². The van der Waals surface area contributed by atoms with Gasteiger partial charge in [0.2, 0.25) is 0 Å². The van der Waals surface area contributed by atoms with Gasteiger partial charge in [0.1, 0.15) is 15.8 Å². The number of phenolic OH excluding ortho intramolecular Hbond substituents is 1. The minimum Gasteiger partial charge on any atom is -0.508 e. The van der Waals surface area contributed by atoms with E-state index in [1.54, 1.807) is 23.9 Å². The number of phenols is 1. The van der Waals surface area contributed by atoms with Crippen LogP contribution >= 0.6 is 34.9 Å². The summed E-state index contributed by atoms with van der Waals surface area (Å²) in [4.78, 5) is 1.07. The van der Waals surface area contributed by atoms with Gasteiger partial charge in [0.25, 0.3) is 0 Å². The first-order chi connectivity index (χ1) is 7.25. The van der Waals surface area contributed by atoms with Crippen molar-refractivity contribution >= 4 is 34.9 Å². The summed E-state index contributed by atoms with van der Waals surface area (Å²) in [7, 11) is 0. The Labute approximate surface area is 100 Å². The van der Waals surface area contributed by atoms with Crippen molar-refractivity contribution in [3.8, 4) is 5.75 Å². The van der Waals surface area contributed by atoms with Gasteiger partial charge >= 0.3 is 0 Å². The first-order valence-corrected chi connectivity index (χ1v) is 6.28. The van der Waals surface area contributed by atoms with Crippen molar-refractivity contribution in [3.05, 3.63) is 34.3 Å². The van der Waals surface area contributed by atoms with Crippen LogP contribution in [0.2, 0.25) is 4.34 Å². The SMILES string of the molecule is Oc1ccc(SCc2nnsc2Cl)cc1. The molecule has 0 aliphatic rings. The zero-order chi connectivity index (χ0) is 10.7. The molecule has 1 aromatic carbocycles. The molecule has 0 amide bonds. The van der Waals surface area contributed by atoms with Crippen molar-refractivity contribution in [2.75, 3.05) is 0 Å². The molecule has 2 aromatic rings.